The Morgan fingerprint density at radius 3 is 2.33 bits per heavy atom. The van der Waals surface area contributed by atoms with Gasteiger partial charge in [0, 0.05) is 14.7 Å². The molecule has 88 valence electrons. The van der Waals surface area contributed by atoms with E-state index in [0.29, 0.717) is 6.73 Å². The Labute approximate surface area is 94.5 Å². The van der Waals surface area contributed by atoms with E-state index in [0.717, 1.165) is 6.61 Å². The first-order valence-electron chi connectivity index (χ1n) is 5.64. The van der Waals surface area contributed by atoms with Crippen LogP contribution in [0.3, 0.4) is 0 Å². The zero-order chi connectivity index (χ0) is 11.7. The molecule has 0 saturated heterocycles. The first kappa shape index (κ1) is 12.7. The van der Waals surface area contributed by atoms with Crippen LogP contribution in [0.4, 0.5) is 0 Å². The van der Waals surface area contributed by atoms with Crippen LogP contribution in [0.15, 0.2) is 5.10 Å². The van der Waals surface area contributed by atoms with Crippen molar-refractivity contribution in [3.05, 3.63) is 0 Å². The minimum Gasteiger partial charge on any atom is -0.360 e. The van der Waals surface area contributed by atoms with Crippen LogP contribution in [0.2, 0.25) is 25.7 Å². The Balaban J connectivity index is 2.18. The lowest BCUT2D eigenvalue weighted by molar-refractivity contribution is -0.0155. The van der Waals surface area contributed by atoms with Crippen molar-refractivity contribution in [3.63, 3.8) is 0 Å². The summed E-state index contributed by atoms with van der Waals surface area (Å²) in [5.41, 5.74) is 1.29. The third-order valence-corrected chi connectivity index (χ3v) is 4.72. The van der Waals surface area contributed by atoms with Gasteiger partial charge in [0.25, 0.3) is 0 Å². The second-order valence-corrected chi connectivity index (χ2v) is 11.6. The molecule has 1 aliphatic rings. The number of nitrogens with zero attached hydrogens (tertiary/aromatic N) is 2. The molecular weight excluding hydrogens is 204 g/mol. The monoisotopic (exact) mass is 228 g/mol. The Kier molecular flexibility index (Phi) is 3.61. The van der Waals surface area contributed by atoms with E-state index in [1.54, 1.807) is 0 Å². The predicted molar refractivity (Wildman–Crippen MR) is 68.0 cm³/mol. The van der Waals surface area contributed by atoms with Gasteiger partial charge in [-0.25, -0.2) is 0 Å². The summed E-state index contributed by atoms with van der Waals surface area (Å²) in [6.07, 6.45) is 0. The summed E-state index contributed by atoms with van der Waals surface area (Å²) >= 11 is 0. The average Bonchev–Trinajstić information content (AvgIpc) is 2.08. The molecule has 0 N–H and O–H groups in total. The van der Waals surface area contributed by atoms with Gasteiger partial charge in [-0.1, -0.05) is 19.6 Å². The molecule has 3 nitrogen and oxygen atoms in total. The summed E-state index contributed by atoms with van der Waals surface area (Å²) in [5, 5.41) is 6.37. The van der Waals surface area contributed by atoms with Gasteiger partial charge < -0.3 is 4.74 Å². The van der Waals surface area contributed by atoms with Gasteiger partial charge in [-0.2, -0.15) is 5.10 Å². The van der Waals surface area contributed by atoms with E-state index in [-0.39, 0.29) is 5.54 Å². The van der Waals surface area contributed by atoms with Gasteiger partial charge in [0.15, 0.2) is 0 Å². The largest absolute Gasteiger partial charge is 0.360 e. The summed E-state index contributed by atoms with van der Waals surface area (Å²) in [4.78, 5) is 0. The molecule has 0 radical (unpaired) electrons. The van der Waals surface area contributed by atoms with Crippen molar-refractivity contribution in [1.29, 1.82) is 0 Å². The van der Waals surface area contributed by atoms with Crippen molar-refractivity contribution >= 4 is 13.8 Å². The van der Waals surface area contributed by atoms with Crippen molar-refractivity contribution in [3.8, 4) is 0 Å². The highest BCUT2D eigenvalue weighted by Crippen LogP contribution is 2.26. The third-order valence-electron chi connectivity index (χ3n) is 3.01. The molecule has 1 rings (SSSR count). The standard InChI is InChI=1S/C11H24N2OSi/c1-10-11(2,3)13(12-10)9-14-7-8-15(4,5)6/h7-9H2,1-6H3. The molecule has 0 aromatic heterocycles. The zero-order valence-corrected chi connectivity index (χ0v) is 11.9. The van der Waals surface area contributed by atoms with E-state index in [1.807, 2.05) is 5.01 Å². The maximum Gasteiger partial charge on any atom is 0.135 e. The maximum atomic E-state index is 5.65. The molecule has 0 atom stereocenters. The van der Waals surface area contributed by atoms with E-state index < -0.39 is 8.07 Å². The van der Waals surface area contributed by atoms with Crippen molar-refractivity contribution < 1.29 is 4.74 Å². The van der Waals surface area contributed by atoms with Gasteiger partial charge in [0.1, 0.15) is 6.73 Å². The van der Waals surface area contributed by atoms with E-state index in [1.165, 1.54) is 11.8 Å². The molecule has 0 fully saturated rings. The van der Waals surface area contributed by atoms with E-state index >= 15 is 0 Å². The summed E-state index contributed by atoms with van der Waals surface area (Å²) in [6.45, 7) is 15.0. The van der Waals surface area contributed by atoms with Crippen LogP contribution < -0.4 is 0 Å². The summed E-state index contributed by atoms with van der Waals surface area (Å²) in [7, 11) is -0.950. The average molecular weight is 228 g/mol. The number of hydrazone groups is 1. The van der Waals surface area contributed by atoms with E-state index in [9.17, 15) is 0 Å². The van der Waals surface area contributed by atoms with Gasteiger partial charge in [-0.15, -0.1) is 0 Å². The van der Waals surface area contributed by atoms with Crippen LogP contribution in [-0.2, 0) is 4.74 Å². The topological polar surface area (TPSA) is 24.8 Å². The van der Waals surface area contributed by atoms with Crippen molar-refractivity contribution in [2.45, 2.75) is 52.0 Å². The number of hydrogen-bond donors (Lipinski definition) is 0. The fourth-order valence-corrected chi connectivity index (χ4v) is 2.05. The molecule has 0 aromatic carbocycles. The maximum absolute atomic E-state index is 5.65. The van der Waals surface area contributed by atoms with Crippen LogP contribution in [-0.4, -0.2) is 37.7 Å². The Morgan fingerprint density at radius 1 is 1.33 bits per heavy atom. The van der Waals surface area contributed by atoms with Crippen LogP contribution in [0, 0.1) is 0 Å². The highest BCUT2D eigenvalue weighted by Gasteiger charge is 2.37. The molecule has 1 heterocycles. The lowest BCUT2D eigenvalue weighted by atomic mass is 9.96. The Hall–Kier alpha value is -0.353. The fraction of sp³-hybridized carbons (Fsp3) is 0.909. The molecule has 1 aliphatic heterocycles. The van der Waals surface area contributed by atoms with E-state index in [4.69, 9.17) is 4.74 Å². The smallest absolute Gasteiger partial charge is 0.135 e. The van der Waals surface area contributed by atoms with Crippen LogP contribution in [0.5, 0.6) is 0 Å². The van der Waals surface area contributed by atoms with Gasteiger partial charge in [-0.05, 0) is 26.8 Å². The fourth-order valence-electron chi connectivity index (χ4n) is 1.29. The Bertz CT molecular complexity index is 256. The quantitative estimate of drug-likeness (QED) is 0.534. The molecular formula is C11H24N2OSi. The second kappa shape index (κ2) is 4.26. The normalized spacial score (nSPS) is 19.9. The molecule has 0 spiro atoms. The predicted octanol–water partition coefficient (Wildman–Crippen LogP) is 2.77. The first-order chi connectivity index (χ1) is 6.73. The number of ether oxygens (including phenoxy) is 1. The molecule has 0 unspecified atom stereocenters. The lowest BCUT2D eigenvalue weighted by Crippen LogP contribution is -2.55. The van der Waals surface area contributed by atoms with Gasteiger partial charge >= 0.3 is 0 Å². The minimum absolute atomic E-state index is 0.0964. The summed E-state index contributed by atoms with van der Waals surface area (Å²) < 4.78 is 5.65. The van der Waals surface area contributed by atoms with Crippen molar-refractivity contribution in [1.82, 2.24) is 5.01 Å². The Morgan fingerprint density at radius 2 is 1.93 bits per heavy atom. The van der Waals surface area contributed by atoms with Crippen LogP contribution in [0.1, 0.15) is 20.8 Å². The number of rotatable bonds is 5. The highest BCUT2D eigenvalue weighted by molar-refractivity contribution is 6.76. The lowest BCUT2D eigenvalue weighted by Gasteiger charge is -2.44. The zero-order valence-electron chi connectivity index (χ0n) is 10.9. The van der Waals surface area contributed by atoms with E-state index in [2.05, 4.69) is 45.5 Å². The highest BCUT2D eigenvalue weighted by atomic mass is 28.3. The molecule has 0 aromatic rings. The molecule has 4 heteroatoms. The molecule has 15 heavy (non-hydrogen) atoms. The SMILES string of the molecule is CC1=NN(COCC[Si](C)(C)C)C1(C)C. The molecule has 0 amide bonds. The molecule has 0 bridgehead atoms. The molecule has 0 saturated carbocycles. The van der Waals surface area contributed by atoms with Crippen LogP contribution in [0.25, 0.3) is 0 Å². The summed E-state index contributed by atoms with van der Waals surface area (Å²) in [5.74, 6) is 0. The van der Waals surface area contributed by atoms with Crippen LogP contribution >= 0.6 is 0 Å². The number of hydrogen-bond acceptors (Lipinski definition) is 3. The molecule has 0 aliphatic carbocycles. The third kappa shape index (κ3) is 3.31. The summed E-state index contributed by atoms with van der Waals surface area (Å²) in [6, 6.07) is 1.23. The second-order valence-electron chi connectivity index (χ2n) is 5.99. The van der Waals surface area contributed by atoms with Crippen molar-refractivity contribution in [2.75, 3.05) is 13.3 Å². The first-order valence-corrected chi connectivity index (χ1v) is 9.35. The van der Waals surface area contributed by atoms with Gasteiger partial charge in [0.05, 0.1) is 11.3 Å². The van der Waals surface area contributed by atoms with Crippen molar-refractivity contribution in [2.24, 2.45) is 5.10 Å². The van der Waals surface area contributed by atoms with Gasteiger partial charge in [0.2, 0.25) is 0 Å². The van der Waals surface area contributed by atoms with Gasteiger partial charge in [-0.3, -0.25) is 5.01 Å². The minimum atomic E-state index is -0.950.